The summed E-state index contributed by atoms with van der Waals surface area (Å²) in [7, 11) is 1.49. The molecule has 0 spiro atoms. The Labute approximate surface area is 308 Å². The molecule has 3 amide bonds. The van der Waals surface area contributed by atoms with E-state index in [1.807, 2.05) is 32.0 Å². The van der Waals surface area contributed by atoms with Gasteiger partial charge in [0.1, 0.15) is 35.7 Å². The number of para-hydroxylation sites is 1. The number of carbonyl (C=O) groups is 3. The van der Waals surface area contributed by atoms with E-state index in [1.165, 1.54) is 26.2 Å². The number of hydrogen-bond donors (Lipinski definition) is 4. The minimum absolute atomic E-state index is 0.0256. The molecule has 0 unspecified atom stereocenters. The number of nitrogens with one attached hydrogen (secondary N) is 3. The minimum atomic E-state index is -1.23. The summed E-state index contributed by atoms with van der Waals surface area (Å²) in [4.78, 5) is 47.0. The van der Waals surface area contributed by atoms with Gasteiger partial charge in [0.25, 0.3) is 5.91 Å². The van der Waals surface area contributed by atoms with Crippen molar-refractivity contribution in [1.82, 2.24) is 40.8 Å². The van der Waals surface area contributed by atoms with Crippen molar-refractivity contribution >= 4 is 28.6 Å². The summed E-state index contributed by atoms with van der Waals surface area (Å²) in [5, 5.41) is 28.0. The Balaban J connectivity index is 1.36. The minimum Gasteiger partial charge on any atom is -0.493 e. The molecule has 2 aromatic heterocycles. The van der Waals surface area contributed by atoms with E-state index < -0.39 is 35.9 Å². The van der Waals surface area contributed by atoms with Gasteiger partial charge in [-0.25, -0.2) is 9.37 Å². The molecule has 0 aliphatic carbocycles. The average molecular weight is 733 g/mol. The van der Waals surface area contributed by atoms with Crippen molar-refractivity contribution in [2.75, 3.05) is 26.7 Å². The van der Waals surface area contributed by atoms with E-state index in [0.717, 1.165) is 23.9 Å². The van der Waals surface area contributed by atoms with Gasteiger partial charge in [0.15, 0.2) is 11.5 Å². The fraction of sp³-hybridized carbons (Fsp3) is 0.474. The molecular weight excluding hydrogens is 683 g/mol. The van der Waals surface area contributed by atoms with Crippen LogP contribution in [0.2, 0.25) is 0 Å². The zero-order chi connectivity index (χ0) is 37.9. The van der Waals surface area contributed by atoms with Crippen LogP contribution in [0.15, 0.2) is 54.7 Å². The maximum atomic E-state index is 14.5. The Morgan fingerprint density at radius 3 is 2.58 bits per heavy atom. The fourth-order valence-corrected chi connectivity index (χ4v) is 6.18. The number of fused-ring (bicyclic) bond motifs is 5. The van der Waals surface area contributed by atoms with Gasteiger partial charge in [-0.3, -0.25) is 24.0 Å². The van der Waals surface area contributed by atoms with Crippen LogP contribution in [0.25, 0.3) is 10.9 Å². The number of ether oxygens (including phenoxy) is 2. The number of nitrogens with zero attached hydrogens (tertiary/aromatic N) is 5. The lowest BCUT2D eigenvalue weighted by Gasteiger charge is -2.26. The fourth-order valence-electron chi connectivity index (χ4n) is 6.18. The molecule has 2 aromatic carbocycles. The lowest BCUT2D eigenvalue weighted by Crippen LogP contribution is -2.57. The molecule has 0 saturated heterocycles. The first-order valence-electron chi connectivity index (χ1n) is 18.0. The van der Waals surface area contributed by atoms with Gasteiger partial charge in [-0.2, -0.15) is 0 Å². The van der Waals surface area contributed by atoms with Gasteiger partial charge < -0.3 is 30.5 Å². The Morgan fingerprint density at radius 1 is 1.00 bits per heavy atom. The summed E-state index contributed by atoms with van der Waals surface area (Å²) in [6, 6.07) is 11.2. The van der Waals surface area contributed by atoms with Crippen molar-refractivity contribution in [3.05, 3.63) is 77.5 Å². The van der Waals surface area contributed by atoms with Gasteiger partial charge in [-0.1, -0.05) is 37.3 Å². The third-order valence-electron chi connectivity index (χ3n) is 8.96. The number of aliphatic hydroxyl groups excluding tert-OH is 1. The van der Waals surface area contributed by atoms with Crippen molar-refractivity contribution in [2.45, 2.75) is 84.3 Å². The number of aromatic nitrogens is 4. The van der Waals surface area contributed by atoms with Crippen LogP contribution in [0.5, 0.6) is 11.5 Å². The molecular formula is C38H49FN8O6. The van der Waals surface area contributed by atoms with Gasteiger partial charge in [0, 0.05) is 37.1 Å². The first kappa shape index (κ1) is 39.1. The summed E-state index contributed by atoms with van der Waals surface area (Å²) in [5.74, 6) is -1.27. The van der Waals surface area contributed by atoms with E-state index in [-0.39, 0.29) is 23.9 Å². The van der Waals surface area contributed by atoms with Crippen LogP contribution in [-0.4, -0.2) is 92.6 Å². The molecule has 3 heterocycles. The second-order valence-corrected chi connectivity index (χ2v) is 13.8. The molecule has 1 aliphatic heterocycles. The number of methoxy groups -OCH3 is 1. The van der Waals surface area contributed by atoms with E-state index in [0.29, 0.717) is 68.3 Å². The first-order valence-corrected chi connectivity index (χ1v) is 18.0. The molecule has 284 valence electrons. The highest BCUT2D eigenvalue weighted by Crippen LogP contribution is 2.29. The van der Waals surface area contributed by atoms with Gasteiger partial charge >= 0.3 is 0 Å². The van der Waals surface area contributed by atoms with Gasteiger partial charge in [0.2, 0.25) is 11.8 Å². The highest BCUT2D eigenvalue weighted by Gasteiger charge is 2.30. The van der Waals surface area contributed by atoms with Crippen molar-refractivity contribution in [2.24, 2.45) is 5.92 Å². The Bertz CT molecular complexity index is 1870. The molecule has 4 aromatic rings. The van der Waals surface area contributed by atoms with E-state index in [4.69, 9.17) is 9.47 Å². The highest BCUT2D eigenvalue weighted by atomic mass is 19.1. The topological polar surface area (TPSA) is 173 Å². The van der Waals surface area contributed by atoms with Gasteiger partial charge in [-0.05, 0) is 75.4 Å². The summed E-state index contributed by atoms with van der Waals surface area (Å²) < 4.78 is 27.8. The molecule has 0 saturated carbocycles. The van der Waals surface area contributed by atoms with Crippen LogP contribution in [0.1, 0.15) is 68.2 Å². The van der Waals surface area contributed by atoms with Crippen LogP contribution in [0.3, 0.4) is 0 Å². The summed E-state index contributed by atoms with van der Waals surface area (Å²) in [5.41, 5.74) is 1.89. The SMILES string of the molecule is COc1ccc2cc1OCc1cn(nn1)CCCN(Cc1ccc3cccc(F)c3n1)CCCCNC(=O)[C@H]([C@@H](C)O)NC(=O)[C@@H](CC(C)C)NC2=O. The predicted octanol–water partition coefficient (Wildman–Crippen LogP) is 3.37. The molecule has 1 aliphatic rings. The summed E-state index contributed by atoms with van der Waals surface area (Å²) in [6.07, 6.45) is 3.00. The molecule has 14 nitrogen and oxygen atoms in total. The number of rotatable bonds is 6. The molecule has 3 atom stereocenters. The van der Waals surface area contributed by atoms with E-state index >= 15 is 0 Å². The molecule has 4 bridgehead atoms. The molecule has 0 fully saturated rings. The first-order chi connectivity index (χ1) is 25.5. The van der Waals surface area contributed by atoms with Crippen LogP contribution in [0, 0.1) is 11.7 Å². The van der Waals surface area contributed by atoms with Crippen LogP contribution >= 0.6 is 0 Å². The Hall–Kier alpha value is -5.15. The predicted molar refractivity (Wildman–Crippen MR) is 196 cm³/mol. The third-order valence-corrected chi connectivity index (χ3v) is 8.96. The molecule has 4 N–H and O–H groups in total. The van der Waals surface area contributed by atoms with Crippen LogP contribution in [-0.2, 0) is 29.3 Å². The van der Waals surface area contributed by atoms with Crippen molar-refractivity contribution in [3.63, 3.8) is 0 Å². The van der Waals surface area contributed by atoms with Crippen molar-refractivity contribution < 1.29 is 33.4 Å². The quantitative estimate of drug-likeness (QED) is 0.230. The summed E-state index contributed by atoms with van der Waals surface area (Å²) >= 11 is 0. The largest absolute Gasteiger partial charge is 0.493 e. The van der Waals surface area contributed by atoms with Crippen molar-refractivity contribution in [3.8, 4) is 11.5 Å². The standard InChI is InChI=1S/C38H49FN8O6/c1-24(2)19-31-37(50)43-34(25(3)48)38(51)40-15-5-6-16-46(21-28-13-11-26-9-7-10-30(39)35(26)41-28)17-8-18-47-22-29(44-45-47)23-53-33-20-27(36(49)42-31)12-14-32(33)52-4/h7,9-14,20,22,24-25,31,34,48H,5-6,8,15-19,21,23H2,1-4H3,(H,40,51)(H,42,49)(H,43,50)/t25-,31-,34+/m1/s1. The normalized spacial score (nSPS) is 19.4. The third kappa shape index (κ3) is 10.9. The van der Waals surface area contributed by atoms with Crippen molar-refractivity contribution in [1.29, 1.82) is 0 Å². The molecule has 53 heavy (non-hydrogen) atoms. The number of hydrogen-bond acceptors (Lipinski definition) is 10. The van der Waals surface area contributed by atoms with Crippen LogP contribution in [0.4, 0.5) is 4.39 Å². The number of aliphatic hydroxyl groups is 1. The maximum Gasteiger partial charge on any atom is 0.252 e. The second-order valence-electron chi connectivity index (χ2n) is 13.8. The lowest BCUT2D eigenvalue weighted by molar-refractivity contribution is -0.132. The number of amides is 3. The van der Waals surface area contributed by atoms with E-state index in [2.05, 4.69) is 36.1 Å². The number of benzene rings is 2. The zero-order valence-corrected chi connectivity index (χ0v) is 30.7. The lowest BCUT2D eigenvalue weighted by atomic mass is 10.0. The second kappa shape index (κ2) is 18.6. The molecule has 15 heteroatoms. The number of pyridine rings is 1. The van der Waals surface area contributed by atoms with Gasteiger partial charge in [0.05, 0.1) is 25.1 Å². The molecule has 0 radical (unpaired) electrons. The number of aryl methyl sites for hydroxylation is 1. The Morgan fingerprint density at radius 2 is 1.81 bits per heavy atom. The Kier molecular flexibility index (Phi) is 13.7. The average Bonchev–Trinajstić information content (AvgIpc) is 3.59. The zero-order valence-electron chi connectivity index (χ0n) is 30.7. The highest BCUT2D eigenvalue weighted by molar-refractivity contribution is 5.99. The number of halogens is 1. The summed E-state index contributed by atoms with van der Waals surface area (Å²) in [6.45, 7) is 8.10. The van der Waals surface area contributed by atoms with E-state index in [1.54, 1.807) is 29.1 Å². The smallest absolute Gasteiger partial charge is 0.252 e. The van der Waals surface area contributed by atoms with Crippen LogP contribution < -0.4 is 25.4 Å². The molecule has 5 rings (SSSR count). The van der Waals surface area contributed by atoms with E-state index in [9.17, 15) is 23.9 Å². The number of carbonyl (C=O) groups excluding carboxylic acids is 3. The maximum absolute atomic E-state index is 14.5. The monoisotopic (exact) mass is 732 g/mol. The van der Waals surface area contributed by atoms with Gasteiger partial charge in [-0.15, -0.1) is 5.10 Å².